The molecule has 0 bridgehead atoms. The lowest BCUT2D eigenvalue weighted by molar-refractivity contribution is -0.135. The number of aryl methyl sites for hydroxylation is 3. The van der Waals surface area contributed by atoms with E-state index in [0.717, 1.165) is 61.6 Å². The molecule has 1 aliphatic carbocycles. The quantitative estimate of drug-likeness (QED) is 0.720. The summed E-state index contributed by atoms with van der Waals surface area (Å²) in [6, 6.07) is 4.56. The highest BCUT2D eigenvalue weighted by Crippen LogP contribution is 2.30. The molecule has 0 atom stereocenters. The second-order valence-electron chi connectivity index (χ2n) is 8.67. The van der Waals surface area contributed by atoms with E-state index in [4.69, 9.17) is 9.97 Å². The van der Waals surface area contributed by atoms with Crippen molar-refractivity contribution in [2.24, 2.45) is 5.92 Å². The molecule has 2 heterocycles. The highest BCUT2D eigenvalue weighted by Gasteiger charge is 2.29. The molecule has 1 aliphatic heterocycles. The molecular weight excluding hydrogens is 360 g/mol. The highest BCUT2D eigenvalue weighted by atomic mass is 16.2. The number of carbonyl (C=O) groups is 1. The minimum Gasteiger partial charge on any atom is -0.341 e. The summed E-state index contributed by atoms with van der Waals surface area (Å²) in [6.45, 7) is 13.1. The fourth-order valence-electron chi connectivity index (χ4n) is 4.73. The van der Waals surface area contributed by atoms with Gasteiger partial charge in [0.05, 0.1) is 11.2 Å². The van der Waals surface area contributed by atoms with Crippen LogP contribution in [-0.4, -0.2) is 47.0 Å². The Labute approximate surface area is 173 Å². The van der Waals surface area contributed by atoms with Crippen LogP contribution >= 0.6 is 0 Å². The first-order chi connectivity index (χ1) is 14.0. The van der Waals surface area contributed by atoms with Crippen molar-refractivity contribution in [1.82, 2.24) is 14.9 Å². The number of rotatable bonds is 5. The number of likely N-dealkylation sites (N-methyl/N-ethyl adjacent to an activating group) is 1. The first kappa shape index (κ1) is 19.9. The molecule has 2 aromatic rings. The topological polar surface area (TPSA) is 49.3 Å². The van der Waals surface area contributed by atoms with Crippen molar-refractivity contribution in [1.29, 1.82) is 0 Å². The van der Waals surface area contributed by atoms with Crippen LogP contribution in [-0.2, 0) is 17.6 Å². The standard InChI is InChI=1S/C24H32N4O/c1-5-27(15-16(2)3)23(29)18-9-11-28(12-10-18)24-25-17(4)21-13-19-7-6-8-20(19)14-22(21)26-24/h13-14,18H,2,5-12,15H2,1,3-4H3. The van der Waals surface area contributed by atoms with E-state index < -0.39 is 0 Å². The molecule has 1 aromatic heterocycles. The van der Waals surface area contributed by atoms with Crippen LogP contribution in [0.25, 0.3) is 10.9 Å². The van der Waals surface area contributed by atoms with Gasteiger partial charge in [-0.1, -0.05) is 12.2 Å². The summed E-state index contributed by atoms with van der Waals surface area (Å²) in [5.74, 6) is 1.17. The first-order valence-corrected chi connectivity index (χ1v) is 10.9. The van der Waals surface area contributed by atoms with E-state index in [1.807, 2.05) is 18.7 Å². The van der Waals surface area contributed by atoms with Gasteiger partial charge in [0.1, 0.15) is 0 Å². The third kappa shape index (κ3) is 4.00. The molecule has 2 aliphatic rings. The Morgan fingerprint density at radius 1 is 1.21 bits per heavy atom. The number of amides is 1. The third-order valence-electron chi connectivity index (χ3n) is 6.37. The maximum absolute atomic E-state index is 12.9. The van der Waals surface area contributed by atoms with Crippen molar-refractivity contribution >= 4 is 22.8 Å². The van der Waals surface area contributed by atoms with Gasteiger partial charge in [-0.2, -0.15) is 0 Å². The summed E-state index contributed by atoms with van der Waals surface area (Å²) in [7, 11) is 0. The Morgan fingerprint density at radius 2 is 1.90 bits per heavy atom. The number of fused-ring (bicyclic) bond motifs is 2. The molecule has 0 unspecified atom stereocenters. The predicted molar refractivity (Wildman–Crippen MR) is 118 cm³/mol. The van der Waals surface area contributed by atoms with Gasteiger partial charge in [0.2, 0.25) is 11.9 Å². The molecule has 154 valence electrons. The molecule has 0 N–H and O–H groups in total. The van der Waals surface area contributed by atoms with Crippen molar-refractivity contribution in [2.75, 3.05) is 31.1 Å². The third-order valence-corrected chi connectivity index (χ3v) is 6.37. The Hall–Kier alpha value is -2.43. The highest BCUT2D eigenvalue weighted by molar-refractivity contribution is 5.84. The molecule has 1 amide bonds. The van der Waals surface area contributed by atoms with E-state index in [1.165, 1.54) is 29.4 Å². The minimum absolute atomic E-state index is 0.0929. The Balaban J connectivity index is 1.48. The van der Waals surface area contributed by atoms with E-state index in [-0.39, 0.29) is 11.8 Å². The number of hydrogen-bond donors (Lipinski definition) is 0. The first-order valence-electron chi connectivity index (χ1n) is 10.9. The maximum atomic E-state index is 12.9. The molecular formula is C24H32N4O. The van der Waals surface area contributed by atoms with E-state index in [1.54, 1.807) is 0 Å². The van der Waals surface area contributed by atoms with Gasteiger partial charge in [-0.25, -0.2) is 9.97 Å². The number of anilines is 1. The van der Waals surface area contributed by atoms with Crippen LogP contribution in [0.2, 0.25) is 0 Å². The van der Waals surface area contributed by atoms with Crippen LogP contribution in [0.1, 0.15) is 49.9 Å². The summed E-state index contributed by atoms with van der Waals surface area (Å²) in [5.41, 5.74) is 6.06. The van der Waals surface area contributed by atoms with Crippen LogP contribution in [0.15, 0.2) is 24.3 Å². The Bertz CT molecular complexity index is 944. The van der Waals surface area contributed by atoms with E-state index in [9.17, 15) is 4.79 Å². The molecule has 5 heteroatoms. The number of hydrogen-bond acceptors (Lipinski definition) is 4. The fraction of sp³-hybridized carbons (Fsp3) is 0.542. The zero-order valence-corrected chi connectivity index (χ0v) is 18.0. The predicted octanol–water partition coefficient (Wildman–Crippen LogP) is 4.07. The van der Waals surface area contributed by atoms with E-state index in [2.05, 4.69) is 30.5 Å². The van der Waals surface area contributed by atoms with Crippen LogP contribution in [0, 0.1) is 12.8 Å². The number of aromatic nitrogens is 2. The van der Waals surface area contributed by atoms with E-state index in [0.29, 0.717) is 6.54 Å². The number of piperidine rings is 1. The Kier molecular flexibility index (Phi) is 5.57. The minimum atomic E-state index is 0.0929. The SMILES string of the molecule is C=C(C)CN(CC)C(=O)C1CCN(c2nc(C)c3cc4c(cc3n2)CCC4)CC1. The summed E-state index contributed by atoms with van der Waals surface area (Å²) in [5, 5.41) is 1.18. The van der Waals surface area contributed by atoms with Gasteiger partial charge < -0.3 is 9.80 Å². The van der Waals surface area contributed by atoms with Crippen LogP contribution in [0.4, 0.5) is 5.95 Å². The second-order valence-corrected chi connectivity index (χ2v) is 8.67. The van der Waals surface area contributed by atoms with Crippen molar-refractivity contribution < 1.29 is 4.79 Å². The average Bonchev–Trinajstić information content (AvgIpc) is 3.17. The van der Waals surface area contributed by atoms with Gasteiger partial charge >= 0.3 is 0 Å². The summed E-state index contributed by atoms with van der Waals surface area (Å²) in [4.78, 5) is 26.8. The Morgan fingerprint density at radius 3 is 2.55 bits per heavy atom. The average molecular weight is 393 g/mol. The van der Waals surface area contributed by atoms with Crippen LogP contribution in [0.5, 0.6) is 0 Å². The number of carbonyl (C=O) groups excluding carboxylic acids is 1. The molecule has 1 fully saturated rings. The molecule has 29 heavy (non-hydrogen) atoms. The van der Waals surface area contributed by atoms with Crippen molar-refractivity contribution in [3.63, 3.8) is 0 Å². The normalized spacial score (nSPS) is 16.9. The van der Waals surface area contributed by atoms with Gasteiger partial charge in [0.25, 0.3) is 0 Å². The smallest absolute Gasteiger partial charge is 0.226 e. The lowest BCUT2D eigenvalue weighted by Gasteiger charge is -2.34. The number of benzene rings is 1. The van der Waals surface area contributed by atoms with Gasteiger partial charge in [-0.05, 0) is 76.1 Å². The van der Waals surface area contributed by atoms with Crippen LogP contribution in [0.3, 0.4) is 0 Å². The molecule has 0 spiro atoms. The summed E-state index contributed by atoms with van der Waals surface area (Å²) in [6.07, 6.45) is 5.29. The number of nitrogens with zero attached hydrogens (tertiary/aromatic N) is 4. The van der Waals surface area contributed by atoms with Crippen molar-refractivity contribution in [3.8, 4) is 0 Å². The largest absolute Gasteiger partial charge is 0.341 e. The zero-order valence-electron chi connectivity index (χ0n) is 18.0. The molecule has 0 saturated carbocycles. The fourth-order valence-corrected chi connectivity index (χ4v) is 4.73. The maximum Gasteiger partial charge on any atom is 0.226 e. The summed E-state index contributed by atoms with van der Waals surface area (Å²) < 4.78 is 0. The summed E-state index contributed by atoms with van der Waals surface area (Å²) >= 11 is 0. The van der Waals surface area contributed by atoms with E-state index >= 15 is 0 Å². The van der Waals surface area contributed by atoms with Gasteiger partial charge in [-0.3, -0.25) is 4.79 Å². The lowest BCUT2D eigenvalue weighted by atomic mass is 9.95. The molecule has 1 saturated heterocycles. The van der Waals surface area contributed by atoms with Gasteiger partial charge in [0.15, 0.2) is 0 Å². The van der Waals surface area contributed by atoms with Gasteiger partial charge in [-0.15, -0.1) is 0 Å². The lowest BCUT2D eigenvalue weighted by Crippen LogP contribution is -2.43. The molecule has 4 rings (SSSR count). The molecule has 5 nitrogen and oxygen atoms in total. The van der Waals surface area contributed by atoms with Crippen molar-refractivity contribution in [3.05, 3.63) is 41.1 Å². The zero-order chi connectivity index (χ0) is 20.5. The monoisotopic (exact) mass is 392 g/mol. The van der Waals surface area contributed by atoms with Gasteiger partial charge in [0, 0.05) is 37.5 Å². The van der Waals surface area contributed by atoms with Crippen molar-refractivity contribution in [2.45, 2.75) is 52.9 Å². The van der Waals surface area contributed by atoms with Crippen LogP contribution < -0.4 is 4.90 Å². The molecule has 1 aromatic carbocycles. The second kappa shape index (κ2) is 8.13. The molecule has 0 radical (unpaired) electrons.